The number of aromatic nitrogens is 1. The first kappa shape index (κ1) is 16.5. The lowest BCUT2D eigenvalue weighted by Crippen LogP contribution is -2.12. The van der Waals surface area contributed by atoms with E-state index >= 15 is 0 Å². The molecule has 5 heteroatoms. The second-order valence-corrected chi connectivity index (χ2v) is 5.45. The first-order valence-corrected chi connectivity index (χ1v) is 7.93. The molecule has 5 nitrogen and oxygen atoms in total. The molecule has 3 aromatic rings. The van der Waals surface area contributed by atoms with Crippen LogP contribution in [0.4, 0.5) is 11.4 Å². The Morgan fingerprint density at radius 3 is 2.64 bits per heavy atom. The minimum atomic E-state index is -0.168. The van der Waals surface area contributed by atoms with Crippen LogP contribution in [-0.4, -0.2) is 18.0 Å². The molecule has 2 N–H and O–H groups in total. The molecule has 0 aliphatic carbocycles. The number of hydrogen-bond donors (Lipinski definition) is 2. The molecule has 1 heterocycles. The molecule has 0 aliphatic heterocycles. The fourth-order valence-corrected chi connectivity index (χ4v) is 2.41. The maximum absolute atomic E-state index is 12.5. The van der Waals surface area contributed by atoms with Crippen molar-refractivity contribution in [3.05, 3.63) is 84.2 Å². The Labute approximate surface area is 146 Å². The minimum absolute atomic E-state index is 0.168. The van der Waals surface area contributed by atoms with Crippen LogP contribution in [0.25, 0.3) is 0 Å². The lowest BCUT2D eigenvalue weighted by Gasteiger charge is -2.13. The number of nitrogens with zero attached hydrogens (tertiary/aromatic N) is 1. The summed E-state index contributed by atoms with van der Waals surface area (Å²) in [6.45, 7) is 0.591. The molecule has 0 saturated carbocycles. The van der Waals surface area contributed by atoms with Gasteiger partial charge in [0, 0.05) is 30.2 Å². The number of carbonyl (C=O) groups is 1. The van der Waals surface area contributed by atoms with Gasteiger partial charge in [-0.1, -0.05) is 24.3 Å². The van der Waals surface area contributed by atoms with Gasteiger partial charge in [0.2, 0.25) is 0 Å². The van der Waals surface area contributed by atoms with Crippen molar-refractivity contribution >= 4 is 17.3 Å². The van der Waals surface area contributed by atoms with Gasteiger partial charge in [-0.3, -0.25) is 9.78 Å². The molecule has 0 unspecified atom stereocenters. The lowest BCUT2D eigenvalue weighted by molar-refractivity contribution is 0.102. The topological polar surface area (TPSA) is 63.2 Å². The fourth-order valence-electron chi connectivity index (χ4n) is 2.41. The van der Waals surface area contributed by atoms with Crippen LogP contribution in [0.5, 0.6) is 5.75 Å². The summed E-state index contributed by atoms with van der Waals surface area (Å²) in [6, 6.07) is 18.5. The van der Waals surface area contributed by atoms with Crippen LogP contribution in [0, 0.1) is 0 Å². The molecule has 0 aliphatic rings. The summed E-state index contributed by atoms with van der Waals surface area (Å²) in [6.07, 6.45) is 3.53. The maximum atomic E-state index is 12.5. The molecule has 0 spiro atoms. The smallest absolute Gasteiger partial charge is 0.255 e. The normalized spacial score (nSPS) is 10.1. The van der Waals surface area contributed by atoms with Crippen LogP contribution in [0.2, 0.25) is 0 Å². The van der Waals surface area contributed by atoms with Gasteiger partial charge >= 0.3 is 0 Å². The van der Waals surface area contributed by atoms with Crippen molar-refractivity contribution in [2.75, 3.05) is 17.7 Å². The first-order chi connectivity index (χ1) is 12.3. The van der Waals surface area contributed by atoms with Crippen LogP contribution in [0.1, 0.15) is 15.9 Å². The van der Waals surface area contributed by atoms with E-state index in [-0.39, 0.29) is 5.91 Å². The van der Waals surface area contributed by atoms with E-state index in [1.54, 1.807) is 37.7 Å². The summed E-state index contributed by atoms with van der Waals surface area (Å²) in [7, 11) is 1.61. The van der Waals surface area contributed by atoms with Gasteiger partial charge in [0.1, 0.15) is 5.75 Å². The third-order valence-electron chi connectivity index (χ3n) is 3.70. The van der Waals surface area contributed by atoms with E-state index < -0.39 is 0 Å². The number of ether oxygens (including phenoxy) is 1. The molecule has 1 aromatic heterocycles. The van der Waals surface area contributed by atoms with Gasteiger partial charge < -0.3 is 15.4 Å². The standard InChI is InChI=1S/C20H19N3O2/c1-25-19-10-9-16(20(24)23-17-7-3-2-4-8-17)12-18(19)22-14-15-6-5-11-21-13-15/h2-13,22H,14H2,1H3,(H,23,24). The van der Waals surface area contributed by atoms with E-state index in [1.807, 2.05) is 42.5 Å². The van der Waals surface area contributed by atoms with Crippen molar-refractivity contribution in [3.63, 3.8) is 0 Å². The van der Waals surface area contributed by atoms with Gasteiger partial charge in [0.05, 0.1) is 12.8 Å². The van der Waals surface area contributed by atoms with Crippen molar-refractivity contribution < 1.29 is 9.53 Å². The molecular formula is C20H19N3O2. The van der Waals surface area contributed by atoms with Crippen LogP contribution in [0.15, 0.2) is 73.1 Å². The second-order valence-electron chi connectivity index (χ2n) is 5.45. The highest BCUT2D eigenvalue weighted by molar-refractivity contribution is 6.05. The lowest BCUT2D eigenvalue weighted by atomic mass is 10.1. The van der Waals surface area contributed by atoms with Crippen molar-refractivity contribution in [2.45, 2.75) is 6.54 Å². The maximum Gasteiger partial charge on any atom is 0.255 e. The van der Waals surface area contributed by atoms with E-state index in [4.69, 9.17) is 4.74 Å². The second kappa shape index (κ2) is 7.97. The Kier molecular flexibility index (Phi) is 5.26. The number of anilines is 2. The number of hydrogen-bond acceptors (Lipinski definition) is 4. The average Bonchev–Trinajstić information content (AvgIpc) is 2.67. The molecule has 0 atom stereocenters. The molecule has 0 bridgehead atoms. The van der Waals surface area contributed by atoms with Gasteiger partial charge in [-0.2, -0.15) is 0 Å². The number of amides is 1. The Morgan fingerprint density at radius 2 is 1.92 bits per heavy atom. The first-order valence-electron chi connectivity index (χ1n) is 7.93. The van der Waals surface area contributed by atoms with E-state index in [2.05, 4.69) is 15.6 Å². The zero-order valence-electron chi connectivity index (χ0n) is 13.9. The Balaban J connectivity index is 1.76. The zero-order chi connectivity index (χ0) is 17.5. The summed E-state index contributed by atoms with van der Waals surface area (Å²) in [5.41, 5.74) is 3.11. The van der Waals surface area contributed by atoms with E-state index in [0.29, 0.717) is 17.9 Å². The number of nitrogens with one attached hydrogen (secondary N) is 2. The van der Waals surface area contributed by atoms with E-state index in [1.165, 1.54) is 0 Å². The third kappa shape index (κ3) is 4.35. The molecule has 25 heavy (non-hydrogen) atoms. The molecule has 1 amide bonds. The largest absolute Gasteiger partial charge is 0.495 e. The SMILES string of the molecule is COc1ccc(C(=O)Nc2ccccc2)cc1NCc1cccnc1. The van der Waals surface area contributed by atoms with Crippen molar-refractivity contribution in [3.8, 4) is 5.75 Å². The quantitative estimate of drug-likeness (QED) is 0.717. The molecular weight excluding hydrogens is 314 g/mol. The predicted octanol–water partition coefficient (Wildman–Crippen LogP) is 3.95. The van der Waals surface area contributed by atoms with E-state index in [9.17, 15) is 4.79 Å². The molecule has 126 valence electrons. The van der Waals surface area contributed by atoms with Gasteiger partial charge in [0.15, 0.2) is 0 Å². The van der Waals surface area contributed by atoms with Gasteiger partial charge in [-0.05, 0) is 42.0 Å². The van der Waals surface area contributed by atoms with Crippen LogP contribution in [0.3, 0.4) is 0 Å². The number of pyridine rings is 1. The van der Waals surface area contributed by atoms with Gasteiger partial charge in [-0.25, -0.2) is 0 Å². The highest BCUT2D eigenvalue weighted by Gasteiger charge is 2.10. The molecule has 0 saturated heterocycles. The predicted molar refractivity (Wildman–Crippen MR) is 99.0 cm³/mol. The highest BCUT2D eigenvalue weighted by atomic mass is 16.5. The van der Waals surface area contributed by atoms with Crippen LogP contribution >= 0.6 is 0 Å². The van der Waals surface area contributed by atoms with Crippen LogP contribution < -0.4 is 15.4 Å². The number of carbonyl (C=O) groups excluding carboxylic acids is 1. The summed E-state index contributed by atoms with van der Waals surface area (Å²) in [5, 5.41) is 6.17. The molecule has 3 rings (SSSR count). The van der Waals surface area contributed by atoms with E-state index in [0.717, 1.165) is 16.9 Å². The minimum Gasteiger partial charge on any atom is -0.495 e. The summed E-state index contributed by atoms with van der Waals surface area (Å²) in [5.74, 6) is 0.512. The van der Waals surface area contributed by atoms with Crippen molar-refractivity contribution in [1.82, 2.24) is 4.98 Å². The van der Waals surface area contributed by atoms with Crippen molar-refractivity contribution in [1.29, 1.82) is 0 Å². The monoisotopic (exact) mass is 333 g/mol. The molecule has 2 aromatic carbocycles. The Hall–Kier alpha value is -3.34. The highest BCUT2D eigenvalue weighted by Crippen LogP contribution is 2.26. The number of para-hydroxylation sites is 1. The summed E-state index contributed by atoms with van der Waals surface area (Å²) < 4.78 is 5.38. The fraction of sp³-hybridized carbons (Fsp3) is 0.100. The Bertz CT molecular complexity index is 836. The van der Waals surface area contributed by atoms with Crippen molar-refractivity contribution in [2.24, 2.45) is 0 Å². The molecule has 0 radical (unpaired) electrons. The summed E-state index contributed by atoms with van der Waals surface area (Å²) >= 11 is 0. The summed E-state index contributed by atoms with van der Waals surface area (Å²) in [4.78, 5) is 16.5. The Morgan fingerprint density at radius 1 is 1.08 bits per heavy atom. The number of benzene rings is 2. The van der Waals surface area contributed by atoms with Gasteiger partial charge in [0.25, 0.3) is 5.91 Å². The molecule has 0 fully saturated rings. The third-order valence-corrected chi connectivity index (χ3v) is 3.70. The number of rotatable bonds is 6. The van der Waals surface area contributed by atoms with Gasteiger partial charge in [-0.15, -0.1) is 0 Å². The van der Waals surface area contributed by atoms with Crippen LogP contribution in [-0.2, 0) is 6.54 Å². The average molecular weight is 333 g/mol. The zero-order valence-corrected chi connectivity index (χ0v) is 13.9. The number of methoxy groups -OCH3 is 1.